The molecule has 168 valence electrons. The molecule has 0 atom stereocenters. The quantitative estimate of drug-likeness (QED) is 0.630. The van der Waals surface area contributed by atoms with Gasteiger partial charge in [-0.05, 0) is 24.3 Å². The van der Waals surface area contributed by atoms with Gasteiger partial charge in [-0.1, -0.05) is 29.4 Å². The van der Waals surface area contributed by atoms with Gasteiger partial charge < -0.3 is 29.9 Å². The number of halogens is 3. The highest BCUT2D eigenvalue weighted by Gasteiger charge is 2.35. The number of rotatable bonds is 4. The number of ether oxygens (including phenoxy) is 1. The van der Waals surface area contributed by atoms with Crippen molar-refractivity contribution in [3.8, 4) is 22.8 Å². The van der Waals surface area contributed by atoms with Crippen LogP contribution in [0.4, 0.5) is 24.7 Å². The Hall–Kier alpha value is -3.89. The van der Waals surface area contributed by atoms with Crippen LogP contribution in [0.1, 0.15) is 10.4 Å². The van der Waals surface area contributed by atoms with Crippen LogP contribution in [-0.4, -0.2) is 53.6 Å². The fourth-order valence-corrected chi connectivity index (χ4v) is 3.61. The Bertz CT molecular complexity index is 1120. The van der Waals surface area contributed by atoms with Crippen LogP contribution in [0.15, 0.2) is 53.1 Å². The average Bonchev–Trinajstić information content (AvgIpc) is 3.14. The lowest BCUT2D eigenvalue weighted by Crippen LogP contribution is -2.49. The van der Waals surface area contributed by atoms with E-state index >= 15 is 0 Å². The standard InChI is InChI=1S/C21H19F3N4O4/c22-21(23,24)31-16-8-4-1-5-13(16)18-17(19(25)32-26-18)20(30)28-11-9-27(10-12-28)14-6-2-3-7-15(14)29/h1-8,29H,9-12,25H2. The maximum absolute atomic E-state index is 13.2. The van der Waals surface area contributed by atoms with Gasteiger partial charge in [-0.2, -0.15) is 0 Å². The van der Waals surface area contributed by atoms with Crippen LogP contribution in [0, 0.1) is 0 Å². The molecule has 1 aliphatic heterocycles. The van der Waals surface area contributed by atoms with Crippen LogP contribution in [0.5, 0.6) is 11.5 Å². The topological polar surface area (TPSA) is 105 Å². The summed E-state index contributed by atoms with van der Waals surface area (Å²) in [6, 6.07) is 12.2. The third-order valence-corrected chi connectivity index (χ3v) is 5.09. The van der Waals surface area contributed by atoms with E-state index in [2.05, 4.69) is 9.89 Å². The highest BCUT2D eigenvalue weighted by atomic mass is 19.4. The zero-order chi connectivity index (χ0) is 22.9. The summed E-state index contributed by atoms with van der Waals surface area (Å²) >= 11 is 0. The molecule has 1 aliphatic rings. The Labute approximate surface area is 180 Å². The van der Waals surface area contributed by atoms with Crippen LogP contribution >= 0.6 is 0 Å². The predicted octanol–water partition coefficient (Wildman–Crippen LogP) is 3.49. The number of piperazine rings is 1. The van der Waals surface area contributed by atoms with Crippen LogP contribution < -0.4 is 15.4 Å². The van der Waals surface area contributed by atoms with Gasteiger partial charge in [0.15, 0.2) is 0 Å². The number of nitrogens with zero attached hydrogens (tertiary/aromatic N) is 3. The van der Waals surface area contributed by atoms with E-state index in [1.165, 1.54) is 23.1 Å². The van der Waals surface area contributed by atoms with E-state index in [1.807, 2.05) is 4.90 Å². The number of hydrogen-bond acceptors (Lipinski definition) is 7. The van der Waals surface area contributed by atoms with Gasteiger partial charge in [0.2, 0.25) is 5.88 Å². The molecule has 0 radical (unpaired) electrons. The van der Waals surface area contributed by atoms with Crippen molar-refractivity contribution in [1.82, 2.24) is 10.1 Å². The van der Waals surface area contributed by atoms with Crippen LogP contribution in [-0.2, 0) is 0 Å². The average molecular weight is 448 g/mol. The molecule has 2 heterocycles. The molecule has 8 nitrogen and oxygen atoms in total. The van der Waals surface area contributed by atoms with Crippen molar-refractivity contribution in [2.45, 2.75) is 6.36 Å². The summed E-state index contributed by atoms with van der Waals surface area (Å²) in [5, 5.41) is 13.8. The van der Waals surface area contributed by atoms with Crippen molar-refractivity contribution in [2.24, 2.45) is 0 Å². The van der Waals surface area contributed by atoms with Gasteiger partial charge in [0.1, 0.15) is 22.8 Å². The van der Waals surface area contributed by atoms with Crippen LogP contribution in [0.2, 0.25) is 0 Å². The molecule has 3 aromatic rings. The highest BCUT2D eigenvalue weighted by molar-refractivity contribution is 6.04. The Morgan fingerprint density at radius 1 is 1.06 bits per heavy atom. The second-order valence-electron chi connectivity index (χ2n) is 7.08. The van der Waals surface area contributed by atoms with Crippen molar-refractivity contribution >= 4 is 17.5 Å². The Morgan fingerprint density at radius 3 is 2.41 bits per heavy atom. The van der Waals surface area contributed by atoms with E-state index in [1.54, 1.807) is 24.3 Å². The van der Waals surface area contributed by atoms with Gasteiger partial charge in [-0.15, -0.1) is 13.2 Å². The normalized spacial score (nSPS) is 14.5. The number of anilines is 2. The molecule has 4 rings (SSSR count). The van der Waals surface area contributed by atoms with Crippen molar-refractivity contribution in [1.29, 1.82) is 0 Å². The zero-order valence-electron chi connectivity index (χ0n) is 16.7. The molecule has 0 saturated carbocycles. The number of phenols is 1. The van der Waals surface area contributed by atoms with E-state index in [9.17, 15) is 23.1 Å². The first-order chi connectivity index (χ1) is 15.2. The maximum Gasteiger partial charge on any atom is 0.573 e. The number of aromatic hydroxyl groups is 1. The first kappa shape index (κ1) is 21.3. The van der Waals surface area contributed by atoms with Crippen LogP contribution in [0.25, 0.3) is 11.3 Å². The molecule has 0 spiro atoms. The molecule has 1 saturated heterocycles. The molecule has 0 bridgehead atoms. The lowest BCUT2D eigenvalue weighted by atomic mass is 10.0. The largest absolute Gasteiger partial charge is 0.573 e. The minimum atomic E-state index is -4.92. The lowest BCUT2D eigenvalue weighted by molar-refractivity contribution is -0.274. The maximum atomic E-state index is 13.2. The molecular weight excluding hydrogens is 429 g/mol. The number of alkyl halides is 3. The van der Waals surface area contributed by atoms with Crippen molar-refractivity contribution in [3.63, 3.8) is 0 Å². The third-order valence-electron chi connectivity index (χ3n) is 5.09. The van der Waals surface area contributed by atoms with Gasteiger partial charge in [0.25, 0.3) is 5.91 Å². The summed E-state index contributed by atoms with van der Waals surface area (Å²) in [7, 11) is 0. The molecule has 32 heavy (non-hydrogen) atoms. The minimum Gasteiger partial charge on any atom is -0.506 e. The van der Waals surface area contributed by atoms with Crippen molar-refractivity contribution < 1.29 is 32.3 Å². The number of nitrogens with two attached hydrogens (primary N) is 1. The summed E-state index contributed by atoms with van der Waals surface area (Å²) in [6.45, 7) is 1.49. The van der Waals surface area contributed by atoms with Gasteiger partial charge in [0, 0.05) is 31.7 Å². The number of benzene rings is 2. The molecule has 0 aliphatic carbocycles. The summed E-state index contributed by atoms with van der Waals surface area (Å²) in [4.78, 5) is 16.6. The Kier molecular flexibility index (Phi) is 5.56. The van der Waals surface area contributed by atoms with E-state index in [-0.39, 0.29) is 28.5 Å². The molecule has 11 heteroatoms. The monoisotopic (exact) mass is 448 g/mol. The smallest absolute Gasteiger partial charge is 0.506 e. The molecule has 1 aromatic heterocycles. The SMILES string of the molecule is Nc1onc(-c2ccccc2OC(F)(F)F)c1C(=O)N1CCN(c2ccccc2O)CC1. The van der Waals surface area contributed by atoms with Gasteiger partial charge in [0.05, 0.1) is 5.69 Å². The first-order valence-corrected chi connectivity index (χ1v) is 9.67. The number of amides is 1. The zero-order valence-corrected chi connectivity index (χ0v) is 16.7. The van der Waals surface area contributed by atoms with E-state index < -0.39 is 18.0 Å². The number of hydrogen-bond donors (Lipinski definition) is 2. The summed E-state index contributed by atoms with van der Waals surface area (Å²) in [5.41, 5.74) is 6.15. The van der Waals surface area contributed by atoms with Crippen molar-refractivity contribution in [3.05, 3.63) is 54.1 Å². The molecule has 1 fully saturated rings. The number of para-hydroxylation sites is 3. The molecule has 3 N–H and O–H groups in total. The van der Waals surface area contributed by atoms with Gasteiger partial charge in [-0.3, -0.25) is 4.79 Å². The number of aromatic nitrogens is 1. The number of phenolic OH excluding ortho intramolecular Hbond substituents is 1. The Balaban J connectivity index is 1.57. The van der Waals surface area contributed by atoms with Gasteiger partial charge in [-0.25, -0.2) is 0 Å². The van der Waals surface area contributed by atoms with Crippen LogP contribution in [0.3, 0.4) is 0 Å². The number of carbonyl (C=O) groups is 1. The highest BCUT2D eigenvalue weighted by Crippen LogP contribution is 2.37. The fraction of sp³-hybridized carbons (Fsp3) is 0.238. The fourth-order valence-electron chi connectivity index (χ4n) is 3.61. The summed E-state index contributed by atoms with van der Waals surface area (Å²) in [6.07, 6.45) is -4.92. The minimum absolute atomic E-state index is 0.0681. The van der Waals surface area contributed by atoms with Crippen molar-refractivity contribution in [2.75, 3.05) is 36.8 Å². The predicted molar refractivity (Wildman–Crippen MR) is 109 cm³/mol. The second kappa shape index (κ2) is 8.33. The number of nitrogen functional groups attached to an aromatic ring is 1. The van der Waals surface area contributed by atoms with E-state index in [4.69, 9.17) is 10.3 Å². The molecule has 1 amide bonds. The first-order valence-electron chi connectivity index (χ1n) is 9.67. The molecule has 0 unspecified atom stereocenters. The van der Waals surface area contributed by atoms with E-state index in [0.29, 0.717) is 31.9 Å². The number of carbonyl (C=O) groups excluding carboxylic acids is 1. The summed E-state index contributed by atoms with van der Waals surface area (Å²) in [5.74, 6) is -1.20. The van der Waals surface area contributed by atoms with Gasteiger partial charge >= 0.3 is 6.36 Å². The Morgan fingerprint density at radius 2 is 1.72 bits per heavy atom. The molecular formula is C21H19F3N4O4. The second-order valence-corrected chi connectivity index (χ2v) is 7.08. The molecule has 2 aromatic carbocycles. The summed E-state index contributed by atoms with van der Waals surface area (Å²) < 4.78 is 47.5. The third kappa shape index (κ3) is 4.27. The van der Waals surface area contributed by atoms with E-state index in [0.717, 1.165) is 6.07 Å². The lowest BCUT2D eigenvalue weighted by Gasteiger charge is -2.36.